The van der Waals surface area contributed by atoms with Crippen molar-refractivity contribution in [1.29, 1.82) is 0 Å². The summed E-state index contributed by atoms with van der Waals surface area (Å²) in [7, 11) is 0. The third-order valence-corrected chi connectivity index (χ3v) is 4.88. The van der Waals surface area contributed by atoms with Crippen molar-refractivity contribution in [1.82, 2.24) is 20.4 Å². The summed E-state index contributed by atoms with van der Waals surface area (Å²) >= 11 is 0. The maximum atomic E-state index is 13.2. The number of carbonyl (C=O) groups is 1. The van der Waals surface area contributed by atoms with Crippen molar-refractivity contribution in [3.63, 3.8) is 0 Å². The minimum atomic E-state index is -0.513. The predicted octanol–water partition coefficient (Wildman–Crippen LogP) is 4.38. The average molecular weight is 429 g/mol. The third-order valence-electron chi connectivity index (χ3n) is 4.88. The Bertz CT molecular complexity index is 913. The number of aromatic amines is 1. The van der Waals surface area contributed by atoms with Crippen LogP contribution in [0.1, 0.15) is 67.5 Å². The first-order valence-electron chi connectivity index (χ1n) is 10.9. The van der Waals surface area contributed by atoms with Crippen LogP contribution in [0.25, 0.3) is 11.4 Å². The van der Waals surface area contributed by atoms with Gasteiger partial charge in [0.1, 0.15) is 17.3 Å². The van der Waals surface area contributed by atoms with Crippen LogP contribution in [0, 0.1) is 5.41 Å². The van der Waals surface area contributed by atoms with E-state index >= 15 is 0 Å². The third kappa shape index (κ3) is 5.83. The van der Waals surface area contributed by atoms with Gasteiger partial charge in [-0.15, -0.1) is 0 Å². The van der Waals surface area contributed by atoms with E-state index in [-0.39, 0.29) is 11.9 Å². The van der Waals surface area contributed by atoms with Crippen molar-refractivity contribution in [3.05, 3.63) is 24.0 Å². The predicted molar refractivity (Wildman–Crippen MR) is 126 cm³/mol. The van der Waals surface area contributed by atoms with Crippen LogP contribution in [0.5, 0.6) is 5.88 Å². The van der Waals surface area contributed by atoms with Crippen molar-refractivity contribution in [2.75, 3.05) is 18.1 Å². The van der Waals surface area contributed by atoms with Crippen LogP contribution in [0.2, 0.25) is 0 Å². The van der Waals surface area contributed by atoms with Gasteiger partial charge >= 0.3 is 0 Å². The van der Waals surface area contributed by atoms with Crippen LogP contribution >= 0.6 is 0 Å². The Hall–Kier alpha value is -2.90. The van der Waals surface area contributed by atoms with Gasteiger partial charge in [-0.2, -0.15) is 10.1 Å². The van der Waals surface area contributed by atoms with Gasteiger partial charge in [0.25, 0.3) is 0 Å². The Labute approximate surface area is 185 Å². The number of H-pyrrole nitrogens is 1. The number of carbonyl (C=O) groups excluding carboxylic acids is 1. The van der Waals surface area contributed by atoms with Gasteiger partial charge in [-0.3, -0.25) is 9.69 Å². The molecule has 0 saturated heterocycles. The normalized spacial score (nSPS) is 13.1. The van der Waals surface area contributed by atoms with Crippen molar-refractivity contribution in [2.45, 2.75) is 67.9 Å². The molecule has 0 fully saturated rings. The van der Waals surface area contributed by atoms with Crippen LogP contribution in [0.4, 0.5) is 5.82 Å². The molecule has 2 rings (SSSR count). The Morgan fingerprint density at radius 3 is 2.61 bits per heavy atom. The number of nitrogens with zero attached hydrogens (tertiary/aromatic N) is 4. The monoisotopic (exact) mass is 428 g/mol. The lowest BCUT2D eigenvalue weighted by Crippen LogP contribution is -2.45. The number of amides is 1. The molecule has 0 aliphatic rings. The highest BCUT2D eigenvalue weighted by Gasteiger charge is 2.32. The molecule has 0 aliphatic carbocycles. The van der Waals surface area contributed by atoms with E-state index in [9.17, 15) is 4.79 Å². The summed E-state index contributed by atoms with van der Waals surface area (Å²) in [5.74, 6) is 1.79. The molecule has 0 radical (unpaired) electrons. The lowest BCUT2D eigenvalue weighted by atomic mass is 9.93. The van der Waals surface area contributed by atoms with Gasteiger partial charge in [0.05, 0.1) is 12.3 Å². The number of rotatable bonds is 9. The fraction of sp³-hybridized carbons (Fsp3) is 0.565. The van der Waals surface area contributed by atoms with E-state index < -0.39 is 5.41 Å². The van der Waals surface area contributed by atoms with E-state index in [0.29, 0.717) is 24.1 Å². The molecule has 2 aromatic rings. The van der Waals surface area contributed by atoms with E-state index in [4.69, 9.17) is 4.74 Å². The number of anilines is 1. The highest BCUT2D eigenvalue weighted by molar-refractivity contribution is 5.99. The number of hydrogen-bond donors (Lipinski definition) is 2. The van der Waals surface area contributed by atoms with Crippen LogP contribution < -0.4 is 15.1 Å². The SMILES string of the molecule is CCN/N=C(\C)c1[nH]c(-c2ccnc(N(C(=O)C(C)(C)C)[C@H](C)CC)c2)nc1OCC. The molecule has 31 heavy (non-hydrogen) atoms. The zero-order valence-corrected chi connectivity index (χ0v) is 20.0. The zero-order valence-electron chi connectivity index (χ0n) is 20.0. The van der Waals surface area contributed by atoms with Crippen molar-refractivity contribution < 1.29 is 9.53 Å². The van der Waals surface area contributed by atoms with E-state index in [1.807, 2.05) is 60.6 Å². The molecular formula is C23H36N6O2. The number of ether oxygens (including phenoxy) is 1. The number of nitrogens with one attached hydrogen (secondary N) is 2. The second-order valence-electron chi connectivity index (χ2n) is 8.49. The molecule has 2 heterocycles. The summed E-state index contributed by atoms with van der Waals surface area (Å²) in [5, 5.41) is 4.34. The van der Waals surface area contributed by atoms with E-state index in [2.05, 4.69) is 32.4 Å². The molecule has 8 nitrogen and oxygen atoms in total. The molecule has 0 aliphatic heterocycles. The summed E-state index contributed by atoms with van der Waals surface area (Å²) in [4.78, 5) is 27.4. The van der Waals surface area contributed by atoms with E-state index in [1.165, 1.54) is 0 Å². The standard InChI is InChI=1S/C23H36N6O2/c1-9-15(4)29(22(30)23(6,7)8)18-14-17(12-13-24-18)20-26-19(16(5)28-25-10-2)21(27-20)31-11-3/h12-15,25H,9-11H2,1-8H3,(H,26,27)/b28-16+/t15-/m1/s1. The van der Waals surface area contributed by atoms with Gasteiger partial charge in [-0.05, 0) is 46.2 Å². The first-order chi connectivity index (χ1) is 14.6. The Morgan fingerprint density at radius 1 is 1.32 bits per heavy atom. The lowest BCUT2D eigenvalue weighted by Gasteiger charge is -2.33. The molecule has 1 amide bonds. The Balaban J connectivity index is 2.52. The van der Waals surface area contributed by atoms with E-state index in [0.717, 1.165) is 29.9 Å². The molecule has 2 aromatic heterocycles. The number of hydrazone groups is 1. The molecule has 170 valence electrons. The maximum absolute atomic E-state index is 13.2. The van der Waals surface area contributed by atoms with E-state index in [1.54, 1.807) is 11.1 Å². The molecule has 0 unspecified atom stereocenters. The summed E-state index contributed by atoms with van der Waals surface area (Å²) in [6, 6.07) is 3.79. The van der Waals surface area contributed by atoms with Crippen molar-refractivity contribution in [2.24, 2.45) is 10.5 Å². The largest absolute Gasteiger partial charge is 0.476 e. The molecule has 0 spiro atoms. The van der Waals surface area contributed by atoms with Crippen LogP contribution in [-0.4, -0.2) is 45.8 Å². The highest BCUT2D eigenvalue weighted by Crippen LogP contribution is 2.29. The van der Waals surface area contributed by atoms with Gasteiger partial charge in [-0.25, -0.2) is 4.98 Å². The van der Waals surface area contributed by atoms with Gasteiger partial charge in [0.15, 0.2) is 0 Å². The average Bonchev–Trinajstić information content (AvgIpc) is 3.16. The second kappa shape index (κ2) is 10.4. The summed E-state index contributed by atoms with van der Waals surface area (Å²) in [6.45, 7) is 16.9. The highest BCUT2D eigenvalue weighted by atomic mass is 16.5. The van der Waals surface area contributed by atoms with Crippen molar-refractivity contribution in [3.8, 4) is 17.3 Å². The molecule has 1 atom stereocenters. The smallest absolute Gasteiger partial charge is 0.241 e. The number of imidazole rings is 1. The minimum absolute atomic E-state index is 0.0233. The van der Waals surface area contributed by atoms with Crippen LogP contribution in [0.15, 0.2) is 23.4 Å². The molecule has 8 heteroatoms. The number of hydrogen-bond acceptors (Lipinski definition) is 6. The maximum Gasteiger partial charge on any atom is 0.241 e. The Morgan fingerprint density at radius 2 is 2.03 bits per heavy atom. The summed E-state index contributed by atoms with van der Waals surface area (Å²) in [6.07, 6.45) is 2.53. The quantitative estimate of drug-likeness (QED) is 0.456. The summed E-state index contributed by atoms with van der Waals surface area (Å²) < 4.78 is 5.73. The minimum Gasteiger partial charge on any atom is -0.476 e. The van der Waals surface area contributed by atoms with Gasteiger partial charge in [0, 0.05) is 29.8 Å². The number of pyridine rings is 1. The van der Waals surface area contributed by atoms with Crippen molar-refractivity contribution >= 4 is 17.4 Å². The number of aromatic nitrogens is 3. The van der Waals surface area contributed by atoms with Gasteiger partial charge < -0.3 is 15.1 Å². The molecular weight excluding hydrogens is 392 g/mol. The first kappa shape index (κ1) is 24.4. The molecule has 0 aromatic carbocycles. The molecule has 0 bridgehead atoms. The zero-order chi connectivity index (χ0) is 23.2. The summed E-state index contributed by atoms with van der Waals surface area (Å²) in [5.41, 5.74) is 4.75. The fourth-order valence-corrected chi connectivity index (χ4v) is 3.01. The van der Waals surface area contributed by atoms with Gasteiger partial charge in [0.2, 0.25) is 11.8 Å². The van der Waals surface area contributed by atoms with Gasteiger partial charge in [-0.1, -0.05) is 27.7 Å². The van der Waals surface area contributed by atoms with Crippen LogP contribution in [-0.2, 0) is 4.79 Å². The Kier molecular flexibility index (Phi) is 8.19. The second-order valence-corrected chi connectivity index (χ2v) is 8.49. The molecule has 0 saturated carbocycles. The first-order valence-corrected chi connectivity index (χ1v) is 10.9. The molecule has 2 N–H and O–H groups in total. The van der Waals surface area contributed by atoms with Crippen LogP contribution in [0.3, 0.4) is 0 Å². The lowest BCUT2D eigenvalue weighted by molar-refractivity contribution is -0.126. The fourth-order valence-electron chi connectivity index (χ4n) is 3.01. The topological polar surface area (TPSA) is 95.5 Å².